The van der Waals surface area contributed by atoms with Crippen LogP contribution in [0.15, 0.2) is 78.0 Å². The number of aryl methyl sites for hydroxylation is 3. The summed E-state index contributed by atoms with van der Waals surface area (Å²) < 4.78 is 29.4. The highest BCUT2D eigenvalue weighted by molar-refractivity contribution is 5.99. The lowest BCUT2D eigenvalue weighted by atomic mass is 9.91. The van der Waals surface area contributed by atoms with Crippen LogP contribution in [0.2, 0.25) is 0 Å². The van der Waals surface area contributed by atoms with Gasteiger partial charge in [0.2, 0.25) is 0 Å². The first-order chi connectivity index (χ1) is 29.5. The van der Waals surface area contributed by atoms with Crippen molar-refractivity contribution in [1.82, 2.24) is 49.0 Å². The molecular formula is C45H45FN10O5. The zero-order valence-corrected chi connectivity index (χ0v) is 34.3. The van der Waals surface area contributed by atoms with Crippen molar-refractivity contribution in [2.24, 2.45) is 13.0 Å². The molecule has 2 saturated heterocycles. The maximum absolute atomic E-state index is 15.3. The molecule has 3 fully saturated rings. The molecule has 4 aliphatic rings. The number of amides is 2. The Bertz CT molecular complexity index is 3000. The van der Waals surface area contributed by atoms with E-state index >= 15 is 9.18 Å². The van der Waals surface area contributed by atoms with Gasteiger partial charge in [0, 0.05) is 67.5 Å². The SMILES string of the molecule is Cc1cc(-n2nc3c(c2-n2ccn(-c4ccc5c(cnn5C)c4)c2=O)CN(C(=O)c2cc4cc(C5CCOCC5)ccc4n2[C@@]2(C4NOC(=O)N4)C[C@@H]2C)CC3)cc(C)c1F. The lowest BCUT2D eigenvalue weighted by molar-refractivity contribution is 0.0709. The Hall–Kier alpha value is -6.52. The lowest BCUT2D eigenvalue weighted by Gasteiger charge is -2.31. The summed E-state index contributed by atoms with van der Waals surface area (Å²) in [6.07, 6.45) is 7.10. The predicted molar refractivity (Wildman–Crippen MR) is 224 cm³/mol. The maximum Gasteiger partial charge on any atom is 0.427 e. The summed E-state index contributed by atoms with van der Waals surface area (Å²) in [6, 6.07) is 17.6. The summed E-state index contributed by atoms with van der Waals surface area (Å²) in [4.78, 5) is 49.2. The number of benzene rings is 3. The van der Waals surface area contributed by atoms with Gasteiger partial charge in [-0.2, -0.15) is 10.2 Å². The number of halogens is 1. The highest BCUT2D eigenvalue weighted by Gasteiger charge is 2.62. The summed E-state index contributed by atoms with van der Waals surface area (Å²) in [5, 5.41) is 14.2. The summed E-state index contributed by atoms with van der Waals surface area (Å²) in [6.45, 7) is 7.53. The van der Waals surface area contributed by atoms with Crippen LogP contribution in [0.5, 0.6) is 0 Å². The highest BCUT2D eigenvalue weighted by Crippen LogP contribution is 2.55. The molecule has 61 heavy (non-hydrogen) atoms. The largest absolute Gasteiger partial charge is 0.427 e. The number of imidazole rings is 1. The van der Waals surface area contributed by atoms with Crippen LogP contribution in [0.25, 0.3) is 39.0 Å². The van der Waals surface area contributed by atoms with E-state index in [2.05, 4.69) is 45.6 Å². The number of hydroxylamine groups is 1. The third kappa shape index (κ3) is 5.79. The van der Waals surface area contributed by atoms with E-state index in [-0.39, 0.29) is 29.9 Å². The molecule has 2 amide bonds. The lowest BCUT2D eigenvalue weighted by Crippen LogP contribution is -2.49. The highest BCUT2D eigenvalue weighted by atomic mass is 19.1. The second kappa shape index (κ2) is 13.8. The molecule has 7 heterocycles. The summed E-state index contributed by atoms with van der Waals surface area (Å²) in [7, 11) is 1.87. The second-order valence-electron chi connectivity index (χ2n) is 17.1. The van der Waals surface area contributed by atoms with Crippen molar-refractivity contribution in [3.05, 3.63) is 123 Å². The molecule has 15 nitrogen and oxygen atoms in total. The van der Waals surface area contributed by atoms with Gasteiger partial charge in [0.15, 0.2) is 0 Å². The number of nitrogens with zero attached hydrogens (tertiary/aromatic N) is 8. The second-order valence-corrected chi connectivity index (χ2v) is 17.1. The van der Waals surface area contributed by atoms with Crippen LogP contribution in [-0.2, 0) is 35.1 Å². The first-order valence-corrected chi connectivity index (χ1v) is 20.9. The molecule has 312 valence electrons. The smallest absolute Gasteiger partial charge is 0.381 e. The number of hydrogen-bond acceptors (Lipinski definition) is 8. The third-order valence-electron chi connectivity index (χ3n) is 13.5. The number of carbonyl (C=O) groups is 2. The molecule has 2 N–H and O–H groups in total. The predicted octanol–water partition coefficient (Wildman–Crippen LogP) is 5.81. The number of rotatable bonds is 7. The monoisotopic (exact) mass is 824 g/mol. The van der Waals surface area contributed by atoms with Gasteiger partial charge in [-0.05, 0) is 110 Å². The van der Waals surface area contributed by atoms with Crippen molar-refractivity contribution in [2.45, 2.75) is 70.6 Å². The minimum atomic E-state index is -0.663. The van der Waals surface area contributed by atoms with Crippen molar-refractivity contribution in [3.63, 3.8) is 0 Å². The molecule has 1 aliphatic carbocycles. The molecule has 0 radical (unpaired) electrons. The van der Waals surface area contributed by atoms with Crippen LogP contribution in [0.3, 0.4) is 0 Å². The number of ether oxygens (including phenoxy) is 1. The van der Waals surface area contributed by atoms with E-state index in [9.17, 15) is 9.59 Å². The van der Waals surface area contributed by atoms with Crippen LogP contribution >= 0.6 is 0 Å². The molecule has 3 aliphatic heterocycles. The fourth-order valence-corrected chi connectivity index (χ4v) is 10.1. The van der Waals surface area contributed by atoms with E-state index in [0.29, 0.717) is 59.3 Å². The number of hydrogen-bond donors (Lipinski definition) is 2. The minimum Gasteiger partial charge on any atom is -0.381 e. The molecular weight excluding hydrogens is 780 g/mol. The summed E-state index contributed by atoms with van der Waals surface area (Å²) in [5.41, 5.74) is 9.12. The van der Waals surface area contributed by atoms with Gasteiger partial charge < -0.3 is 19.0 Å². The number of aromatic nitrogens is 7. The molecule has 1 unspecified atom stereocenters. The number of fused-ring (bicyclic) bond motifs is 3. The molecule has 11 rings (SSSR count). The molecule has 4 aromatic heterocycles. The van der Waals surface area contributed by atoms with Gasteiger partial charge >= 0.3 is 11.8 Å². The van der Waals surface area contributed by atoms with Crippen molar-refractivity contribution >= 4 is 33.8 Å². The fraction of sp³-hybridized carbons (Fsp3) is 0.356. The van der Waals surface area contributed by atoms with Crippen LogP contribution in [-0.4, -0.2) is 76.1 Å². The minimum absolute atomic E-state index is 0.111. The van der Waals surface area contributed by atoms with Crippen molar-refractivity contribution in [2.75, 3.05) is 19.8 Å². The topological polar surface area (TPSA) is 147 Å². The fourth-order valence-electron chi connectivity index (χ4n) is 10.1. The first-order valence-electron chi connectivity index (χ1n) is 20.9. The zero-order chi connectivity index (χ0) is 41.9. The van der Waals surface area contributed by atoms with Crippen LogP contribution in [0.1, 0.15) is 70.5 Å². The van der Waals surface area contributed by atoms with E-state index < -0.39 is 17.8 Å². The average Bonchev–Trinajstić information content (AvgIpc) is 3.89. The van der Waals surface area contributed by atoms with Gasteiger partial charge in [-0.15, -0.1) is 5.48 Å². The quantitative estimate of drug-likeness (QED) is 0.205. The normalized spacial score (nSPS) is 21.6. The van der Waals surface area contributed by atoms with Gasteiger partial charge in [0.05, 0.1) is 40.9 Å². The molecule has 0 bridgehead atoms. The van der Waals surface area contributed by atoms with Crippen molar-refractivity contribution in [1.29, 1.82) is 0 Å². The van der Waals surface area contributed by atoms with Gasteiger partial charge in [-0.25, -0.2) is 18.7 Å². The summed E-state index contributed by atoms with van der Waals surface area (Å²) >= 11 is 0. The van der Waals surface area contributed by atoms with E-state index in [1.165, 1.54) is 5.56 Å². The van der Waals surface area contributed by atoms with Crippen molar-refractivity contribution < 1.29 is 23.6 Å². The van der Waals surface area contributed by atoms with E-state index in [1.807, 2.05) is 36.2 Å². The molecule has 3 atom stereocenters. The van der Waals surface area contributed by atoms with Crippen LogP contribution in [0, 0.1) is 25.6 Å². The average molecular weight is 825 g/mol. The molecule has 7 aromatic rings. The van der Waals surface area contributed by atoms with E-state index in [4.69, 9.17) is 14.7 Å². The summed E-state index contributed by atoms with van der Waals surface area (Å²) in [5.74, 6) is 0.469. The van der Waals surface area contributed by atoms with Crippen molar-refractivity contribution in [3.8, 4) is 17.2 Å². The number of nitrogens with one attached hydrogen (secondary N) is 2. The molecule has 1 saturated carbocycles. The Balaban J connectivity index is 1.03. The Morgan fingerprint density at radius 3 is 2.43 bits per heavy atom. The third-order valence-corrected chi connectivity index (χ3v) is 13.5. The van der Waals surface area contributed by atoms with E-state index in [0.717, 1.165) is 59.1 Å². The Morgan fingerprint density at radius 2 is 1.69 bits per heavy atom. The van der Waals surface area contributed by atoms with Gasteiger partial charge in [-0.1, -0.05) is 13.0 Å². The number of carbonyl (C=O) groups excluding carboxylic acids is 2. The molecule has 0 spiro atoms. The van der Waals surface area contributed by atoms with E-state index in [1.54, 1.807) is 63.1 Å². The Labute approximate surface area is 349 Å². The van der Waals surface area contributed by atoms with Crippen LogP contribution < -0.4 is 16.5 Å². The first kappa shape index (κ1) is 37.5. The Morgan fingerprint density at radius 1 is 0.934 bits per heavy atom. The Kier molecular flexibility index (Phi) is 8.45. The van der Waals surface area contributed by atoms with Gasteiger partial charge in [0.1, 0.15) is 23.5 Å². The van der Waals surface area contributed by atoms with Crippen LogP contribution in [0.4, 0.5) is 9.18 Å². The van der Waals surface area contributed by atoms with Gasteiger partial charge in [-0.3, -0.25) is 23.9 Å². The van der Waals surface area contributed by atoms with Gasteiger partial charge in [0.25, 0.3) is 5.91 Å². The molecule has 3 aromatic carbocycles. The zero-order valence-electron chi connectivity index (χ0n) is 34.3. The maximum atomic E-state index is 15.3. The molecule has 16 heteroatoms. The standard InChI is InChI=1S/C45H45FN10O5/c1-25-17-33(18-26(2)39(25)46)56-40(54-14-13-53(44(54)59)32-6-8-36-31(20-32)23-47-51(36)4)34-24-52(12-9-35(34)49-56)41(57)38-21-30-19-29(28-10-15-60-16-11-28)5-7-37(30)55(38)45(22-27(45)3)42-48-43(58)61-50-42/h5-8,13-14,17-21,23,27-28,42,50H,9-12,15-16,22,24H2,1-4H3,(H,48,58)/t27-,42?,45-/m0/s1.